The molecule has 0 aliphatic carbocycles. The first kappa shape index (κ1) is 11.0. The number of nitrogens with two attached hydrogens (primary N) is 1. The smallest absolute Gasteiger partial charge is 0.0184 e. The van der Waals surface area contributed by atoms with Crippen molar-refractivity contribution in [3.8, 4) is 0 Å². The summed E-state index contributed by atoms with van der Waals surface area (Å²) in [5.41, 5.74) is 8.06. The van der Waals surface area contributed by atoms with Crippen molar-refractivity contribution in [2.75, 3.05) is 13.6 Å². The zero-order valence-corrected chi connectivity index (χ0v) is 8.66. The zero-order chi connectivity index (χ0) is 10.2. The molecule has 1 rings (SSSR count). The second-order valence-corrected chi connectivity index (χ2v) is 3.20. The molecule has 14 heavy (non-hydrogen) atoms. The van der Waals surface area contributed by atoms with Crippen LogP contribution in [-0.4, -0.2) is 13.6 Å². The maximum absolute atomic E-state index is 5.63. The molecule has 76 valence electrons. The van der Waals surface area contributed by atoms with Gasteiger partial charge in [-0.3, -0.25) is 0 Å². The lowest BCUT2D eigenvalue weighted by Crippen LogP contribution is -2.05. The molecule has 0 amide bonds. The van der Waals surface area contributed by atoms with Crippen molar-refractivity contribution in [2.24, 2.45) is 5.73 Å². The van der Waals surface area contributed by atoms with Crippen LogP contribution in [0.5, 0.6) is 0 Å². The Morgan fingerprint density at radius 2 is 2.14 bits per heavy atom. The van der Waals surface area contributed by atoms with Gasteiger partial charge in [-0.25, -0.2) is 0 Å². The lowest BCUT2D eigenvalue weighted by atomic mass is 10.1. The van der Waals surface area contributed by atoms with Crippen LogP contribution in [0.15, 0.2) is 30.3 Å². The molecular weight excluding hydrogens is 172 g/mol. The van der Waals surface area contributed by atoms with Gasteiger partial charge in [-0.05, 0) is 31.1 Å². The molecule has 3 N–H and O–H groups in total. The predicted molar refractivity (Wildman–Crippen MR) is 61.9 cm³/mol. The largest absolute Gasteiger partial charge is 0.326 e. The molecule has 0 fully saturated rings. The van der Waals surface area contributed by atoms with Crippen molar-refractivity contribution in [3.63, 3.8) is 0 Å². The summed E-state index contributed by atoms with van der Waals surface area (Å²) in [6.45, 7) is 1.62. The molecule has 0 aliphatic heterocycles. The van der Waals surface area contributed by atoms with Crippen LogP contribution in [0.3, 0.4) is 0 Å². The summed E-state index contributed by atoms with van der Waals surface area (Å²) in [4.78, 5) is 0. The first-order valence-electron chi connectivity index (χ1n) is 4.97. The van der Waals surface area contributed by atoms with Crippen LogP contribution < -0.4 is 11.1 Å². The number of benzene rings is 1. The van der Waals surface area contributed by atoms with Crippen LogP contribution >= 0.6 is 0 Å². The van der Waals surface area contributed by atoms with Gasteiger partial charge in [0.2, 0.25) is 0 Å². The molecule has 0 aromatic heterocycles. The Hall–Kier alpha value is -1.12. The van der Waals surface area contributed by atoms with Crippen molar-refractivity contribution >= 4 is 6.08 Å². The lowest BCUT2D eigenvalue weighted by Gasteiger charge is -2.01. The second-order valence-electron chi connectivity index (χ2n) is 3.20. The van der Waals surface area contributed by atoms with E-state index in [9.17, 15) is 0 Å². The Morgan fingerprint density at radius 3 is 2.86 bits per heavy atom. The van der Waals surface area contributed by atoms with Gasteiger partial charge in [0.15, 0.2) is 0 Å². The van der Waals surface area contributed by atoms with Gasteiger partial charge >= 0.3 is 0 Å². The molecule has 1 aromatic carbocycles. The highest BCUT2D eigenvalue weighted by atomic mass is 14.8. The fourth-order valence-corrected chi connectivity index (χ4v) is 1.32. The Labute approximate surface area is 85.8 Å². The summed E-state index contributed by atoms with van der Waals surface area (Å²) < 4.78 is 0. The van der Waals surface area contributed by atoms with E-state index in [1.54, 1.807) is 0 Å². The van der Waals surface area contributed by atoms with Crippen molar-refractivity contribution in [1.82, 2.24) is 5.32 Å². The van der Waals surface area contributed by atoms with Crippen LogP contribution in [0, 0.1) is 0 Å². The maximum atomic E-state index is 5.63. The van der Waals surface area contributed by atoms with Crippen molar-refractivity contribution in [1.29, 1.82) is 0 Å². The summed E-state index contributed by atoms with van der Waals surface area (Å²) in [6, 6.07) is 8.22. The molecule has 0 saturated heterocycles. The fourth-order valence-electron chi connectivity index (χ4n) is 1.32. The molecular formula is C12H18N2. The average molecular weight is 190 g/mol. The van der Waals surface area contributed by atoms with Gasteiger partial charge in [-0.2, -0.15) is 0 Å². The van der Waals surface area contributed by atoms with E-state index in [2.05, 4.69) is 29.6 Å². The molecule has 0 atom stereocenters. The van der Waals surface area contributed by atoms with Gasteiger partial charge in [-0.15, -0.1) is 0 Å². The van der Waals surface area contributed by atoms with Gasteiger partial charge in [0.1, 0.15) is 0 Å². The zero-order valence-electron chi connectivity index (χ0n) is 8.66. The Balaban J connectivity index is 2.61. The second kappa shape index (κ2) is 6.35. The number of nitrogens with one attached hydrogen (secondary N) is 1. The summed E-state index contributed by atoms with van der Waals surface area (Å²) in [5, 5.41) is 3.11. The molecule has 0 saturated carbocycles. The van der Waals surface area contributed by atoms with Crippen molar-refractivity contribution in [3.05, 3.63) is 41.5 Å². The minimum absolute atomic E-state index is 0.604. The number of hydrogen-bond donors (Lipinski definition) is 2. The van der Waals surface area contributed by atoms with Crippen LogP contribution in [0.2, 0.25) is 0 Å². The minimum atomic E-state index is 0.604. The Morgan fingerprint density at radius 1 is 1.36 bits per heavy atom. The molecule has 0 spiro atoms. The quantitative estimate of drug-likeness (QED) is 0.694. The van der Waals surface area contributed by atoms with E-state index in [1.807, 2.05) is 19.2 Å². The van der Waals surface area contributed by atoms with Crippen LogP contribution in [-0.2, 0) is 6.54 Å². The third kappa shape index (κ3) is 3.32. The molecule has 2 nitrogen and oxygen atoms in total. The monoisotopic (exact) mass is 190 g/mol. The molecule has 1 aromatic rings. The molecule has 0 bridgehead atoms. The summed E-state index contributed by atoms with van der Waals surface area (Å²) >= 11 is 0. The molecule has 0 radical (unpaired) electrons. The Bertz CT molecular complexity index is 292. The van der Waals surface area contributed by atoms with E-state index in [-0.39, 0.29) is 0 Å². The minimum Gasteiger partial charge on any atom is -0.326 e. The SMILES string of the molecule is CNCCC=Cc1ccccc1CN. The average Bonchev–Trinajstić information content (AvgIpc) is 2.25. The van der Waals surface area contributed by atoms with E-state index >= 15 is 0 Å². The van der Waals surface area contributed by atoms with Gasteiger partial charge < -0.3 is 11.1 Å². The standard InChI is InChI=1S/C12H18N2/c1-14-9-5-4-7-11-6-2-3-8-12(11)10-13/h2-4,6-8,14H,5,9-10,13H2,1H3. The van der Waals surface area contributed by atoms with Crippen molar-refractivity contribution in [2.45, 2.75) is 13.0 Å². The highest BCUT2D eigenvalue weighted by Gasteiger charge is 1.93. The third-order valence-electron chi connectivity index (χ3n) is 2.13. The summed E-state index contributed by atoms with van der Waals surface area (Å²) in [5.74, 6) is 0. The number of rotatable bonds is 5. The van der Waals surface area contributed by atoms with Crippen LogP contribution in [0.1, 0.15) is 17.5 Å². The van der Waals surface area contributed by atoms with E-state index in [0.29, 0.717) is 6.54 Å². The van der Waals surface area contributed by atoms with Crippen molar-refractivity contribution < 1.29 is 0 Å². The summed E-state index contributed by atoms with van der Waals surface area (Å²) in [6.07, 6.45) is 5.36. The molecule has 0 unspecified atom stereocenters. The van der Waals surface area contributed by atoms with E-state index in [4.69, 9.17) is 5.73 Å². The third-order valence-corrected chi connectivity index (χ3v) is 2.13. The fraction of sp³-hybridized carbons (Fsp3) is 0.333. The Kier molecular flexibility index (Phi) is 4.97. The topological polar surface area (TPSA) is 38.0 Å². The highest BCUT2D eigenvalue weighted by Crippen LogP contribution is 2.09. The van der Waals surface area contributed by atoms with E-state index in [1.165, 1.54) is 11.1 Å². The van der Waals surface area contributed by atoms with Gasteiger partial charge in [0, 0.05) is 6.54 Å². The highest BCUT2D eigenvalue weighted by molar-refractivity contribution is 5.53. The predicted octanol–water partition coefficient (Wildman–Crippen LogP) is 1.77. The van der Waals surface area contributed by atoms with E-state index in [0.717, 1.165) is 13.0 Å². The summed E-state index contributed by atoms with van der Waals surface area (Å²) in [7, 11) is 1.96. The lowest BCUT2D eigenvalue weighted by molar-refractivity contribution is 0.809. The van der Waals surface area contributed by atoms with Crippen LogP contribution in [0.25, 0.3) is 6.08 Å². The maximum Gasteiger partial charge on any atom is 0.0184 e. The van der Waals surface area contributed by atoms with Gasteiger partial charge in [-0.1, -0.05) is 36.4 Å². The molecule has 2 heteroatoms. The van der Waals surface area contributed by atoms with Crippen LogP contribution in [0.4, 0.5) is 0 Å². The van der Waals surface area contributed by atoms with Gasteiger partial charge in [0.05, 0.1) is 0 Å². The molecule has 0 aliphatic rings. The first-order valence-corrected chi connectivity index (χ1v) is 4.97. The molecule has 0 heterocycles. The normalized spacial score (nSPS) is 11.0. The number of hydrogen-bond acceptors (Lipinski definition) is 2. The first-order chi connectivity index (χ1) is 6.88. The van der Waals surface area contributed by atoms with Gasteiger partial charge in [0.25, 0.3) is 0 Å². The van der Waals surface area contributed by atoms with E-state index < -0.39 is 0 Å².